The Balaban J connectivity index is 1.62. The molecule has 3 rings (SSSR count). The third-order valence-corrected chi connectivity index (χ3v) is 4.25. The summed E-state index contributed by atoms with van der Waals surface area (Å²) < 4.78 is 11.0. The molecule has 0 atom stereocenters. The molecule has 2 N–H and O–H groups in total. The van der Waals surface area contributed by atoms with E-state index in [0.29, 0.717) is 29.2 Å². The number of thiazole rings is 1. The van der Waals surface area contributed by atoms with Crippen LogP contribution in [0.2, 0.25) is 0 Å². The van der Waals surface area contributed by atoms with Crippen LogP contribution in [-0.4, -0.2) is 23.9 Å². The van der Waals surface area contributed by atoms with Crippen molar-refractivity contribution < 1.29 is 19.1 Å². The molecule has 2 aromatic carbocycles. The van der Waals surface area contributed by atoms with E-state index in [4.69, 9.17) is 9.47 Å². The molecular weight excluding hydrogens is 366 g/mol. The summed E-state index contributed by atoms with van der Waals surface area (Å²) in [5, 5.41) is 1.89. The Kier molecular flexibility index (Phi) is 6.01. The standard InChI is InChI=1S/C19H17N3O4S/c1-25-17-9-14(7-8-16(17)26-10-15-11-27-12-20-15)19(24)22-21-18(23)13-5-3-2-4-6-13/h2-9,11-12H,10H2,1H3,(H,21,23)(H,22,24). The summed E-state index contributed by atoms with van der Waals surface area (Å²) in [5.41, 5.74) is 8.06. The van der Waals surface area contributed by atoms with Crippen LogP contribution in [0.15, 0.2) is 59.4 Å². The molecule has 0 spiro atoms. The second kappa shape index (κ2) is 8.81. The van der Waals surface area contributed by atoms with Gasteiger partial charge in [-0.25, -0.2) is 4.98 Å². The number of hydrazine groups is 1. The van der Waals surface area contributed by atoms with Gasteiger partial charge < -0.3 is 9.47 Å². The first-order chi connectivity index (χ1) is 13.2. The highest BCUT2D eigenvalue weighted by Gasteiger charge is 2.13. The van der Waals surface area contributed by atoms with Crippen LogP contribution in [0.25, 0.3) is 0 Å². The Morgan fingerprint density at radius 2 is 1.74 bits per heavy atom. The summed E-state index contributed by atoms with van der Waals surface area (Å²) in [6.07, 6.45) is 0. The Bertz CT molecular complexity index is 914. The van der Waals surface area contributed by atoms with Gasteiger partial charge in [-0.05, 0) is 30.3 Å². The van der Waals surface area contributed by atoms with Crippen molar-refractivity contribution in [1.82, 2.24) is 15.8 Å². The number of hydrogen-bond acceptors (Lipinski definition) is 6. The lowest BCUT2D eigenvalue weighted by molar-refractivity contribution is 0.0846. The number of methoxy groups -OCH3 is 1. The third kappa shape index (κ3) is 4.83. The van der Waals surface area contributed by atoms with Gasteiger partial charge in [0.15, 0.2) is 11.5 Å². The number of rotatable bonds is 6. The zero-order chi connectivity index (χ0) is 19.1. The lowest BCUT2D eigenvalue weighted by Gasteiger charge is -2.12. The van der Waals surface area contributed by atoms with Gasteiger partial charge in [-0.1, -0.05) is 18.2 Å². The first-order valence-corrected chi connectivity index (χ1v) is 8.95. The van der Waals surface area contributed by atoms with E-state index in [1.54, 1.807) is 54.0 Å². The zero-order valence-electron chi connectivity index (χ0n) is 14.5. The van der Waals surface area contributed by atoms with Crippen molar-refractivity contribution in [2.45, 2.75) is 6.61 Å². The Labute approximate surface area is 159 Å². The second-order valence-electron chi connectivity index (χ2n) is 5.41. The van der Waals surface area contributed by atoms with Crippen LogP contribution in [0.4, 0.5) is 0 Å². The number of nitrogens with one attached hydrogen (secondary N) is 2. The number of benzene rings is 2. The van der Waals surface area contributed by atoms with E-state index in [9.17, 15) is 9.59 Å². The first kappa shape index (κ1) is 18.4. The molecule has 1 aromatic heterocycles. The summed E-state index contributed by atoms with van der Waals surface area (Å²) in [6.45, 7) is 0.304. The van der Waals surface area contributed by atoms with Gasteiger partial charge in [0.05, 0.1) is 18.3 Å². The number of amides is 2. The van der Waals surface area contributed by atoms with E-state index < -0.39 is 11.8 Å². The van der Waals surface area contributed by atoms with Gasteiger partial charge in [0, 0.05) is 16.5 Å². The maximum Gasteiger partial charge on any atom is 0.269 e. The highest BCUT2D eigenvalue weighted by atomic mass is 32.1. The van der Waals surface area contributed by atoms with Gasteiger partial charge >= 0.3 is 0 Å². The molecule has 7 nitrogen and oxygen atoms in total. The van der Waals surface area contributed by atoms with Gasteiger partial charge in [0.1, 0.15) is 6.61 Å². The van der Waals surface area contributed by atoms with Gasteiger partial charge in [-0.3, -0.25) is 20.4 Å². The van der Waals surface area contributed by atoms with Gasteiger partial charge in [-0.2, -0.15) is 0 Å². The molecule has 0 aliphatic carbocycles. The zero-order valence-corrected chi connectivity index (χ0v) is 15.3. The number of carbonyl (C=O) groups excluding carboxylic acids is 2. The number of ether oxygens (including phenoxy) is 2. The Hall–Kier alpha value is -3.39. The lowest BCUT2D eigenvalue weighted by atomic mass is 10.2. The van der Waals surface area contributed by atoms with Crippen LogP contribution in [0.1, 0.15) is 26.4 Å². The Morgan fingerprint density at radius 1 is 1.00 bits per heavy atom. The summed E-state index contributed by atoms with van der Waals surface area (Å²) in [5.74, 6) is 0.0328. The molecule has 3 aromatic rings. The summed E-state index contributed by atoms with van der Waals surface area (Å²) >= 11 is 1.49. The van der Waals surface area contributed by atoms with E-state index in [0.717, 1.165) is 5.69 Å². The fourth-order valence-corrected chi connectivity index (χ4v) is 2.78. The maximum absolute atomic E-state index is 12.3. The molecule has 2 amide bonds. The van der Waals surface area contributed by atoms with Crippen LogP contribution in [-0.2, 0) is 6.61 Å². The van der Waals surface area contributed by atoms with Crippen LogP contribution in [0.5, 0.6) is 11.5 Å². The fourth-order valence-electron chi connectivity index (χ4n) is 2.24. The number of aromatic nitrogens is 1. The lowest BCUT2D eigenvalue weighted by Crippen LogP contribution is -2.41. The smallest absolute Gasteiger partial charge is 0.269 e. The van der Waals surface area contributed by atoms with Crippen LogP contribution in [0, 0.1) is 0 Å². The van der Waals surface area contributed by atoms with Gasteiger partial charge in [0.25, 0.3) is 11.8 Å². The van der Waals surface area contributed by atoms with E-state index in [-0.39, 0.29) is 0 Å². The van der Waals surface area contributed by atoms with Crippen molar-refractivity contribution in [3.8, 4) is 11.5 Å². The van der Waals surface area contributed by atoms with E-state index in [1.165, 1.54) is 18.4 Å². The molecule has 0 aliphatic rings. The molecule has 0 bridgehead atoms. The first-order valence-electron chi connectivity index (χ1n) is 8.01. The minimum absolute atomic E-state index is 0.304. The molecule has 0 saturated heterocycles. The minimum Gasteiger partial charge on any atom is -0.493 e. The average molecular weight is 383 g/mol. The third-order valence-electron chi connectivity index (χ3n) is 3.61. The van der Waals surface area contributed by atoms with E-state index in [1.807, 2.05) is 5.38 Å². The highest BCUT2D eigenvalue weighted by Crippen LogP contribution is 2.28. The monoisotopic (exact) mass is 383 g/mol. The molecule has 0 fully saturated rings. The fraction of sp³-hybridized carbons (Fsp3) is 0.105. The predicted octanol–water partition coefficient (Wildman–Crippen LogP) is 2.81. The number of carbonyl (C=O) groups is 2. The summed E-state index contributed by atoms with van der Waals surface area (Å²) in [4.78, 5) is 28.4. The summed E-state index contributed by atoms with van der Waals surface area (Å²) in [7, 11) is 1.49. The molecule has 0 saturated carbocycles. The normalized spacial score (nSPS) is 10.1. The van der Waals surface area contributed by atoms with Crippen molar-refractivity contribution in [3.63, 3.8) is 0 Å². The molecule has 138 valence electrons. The van der Waals surface area contributed by atoms with Crippen molar-refractivity contribution >= 4 is 23.2 Å². The number of hydrogen-bond donors (Lipinski definition) is 2. The summed E-state index contributed by atoms with van der Waals surface area (Å²) in [6, 6.07) is 13.4. The molecule has 0 unspecified atom stereocenters. The molecule has 8 heteroatoms. The van der Waals surface area contributed by atoms with Crippen molar-refractivity contribution in [3.05, 3.63) is 76.2 Å². The van der Waals surface area contributed by atoms with Gasteiger partial charge in [-0.15, -0.1) is 11.3 Å². The minimum atomic E-state index is -0.469. The topological polar surface area (TPSA) is 89.6 Å². The second-order valence-corrected chi connectivity index (χ2v) is 6.13. The quantitative estimate of drug-likeness (QED) is 0.639. The largest absolute Gasteiger partial charge is 0.493 e. The molecule has 27 heavy (non-hydrogen) atoms. The van der Waals surface area contributed by atoms with Gasteiger partial charge in [0.2, 0.25) is 0 Å². The molecule has 1 heterocycles. The molecule has 0 radical (unpaired) electrons. The van der Waals surface area contributed by atoms with Crippen LogP contribution in [0.3, 0.4) is 0 Å². The van der Waals surface area contributed by atoms with E-state index >= 15 is 0 Å². The van der Waals surface area contributed by atoms with Crippen molar-refractivity contribution in [2.24, 2.45) is 0 Å². The number of nitrogens with zero attached hydrogens (tertiary/aromatic N) is 1. The van der Waals surface area contributed by atoms with Crippen LogP contribution >= 0.6 is 11.3 Å². The van der Waals surface area contributed by atoms with Crippen molar-refractivity contribution in [2.75, 3.05) is 7.11 Å². The van der Waals surface area contributed by atoms with Crippen LogP contribution < -0.4 is 20.3 Å². The molecular formula is C19H17N3O4S. The Morgan fingerprint density at radius 3 is 2.41 bits per heavy atom. The maximum atomic E-state index is 12.3. The molecule has 0 aliphatic heterocycles. The average Bonchev–Trinajstić information content (AvgIpc) is 3.24. The SMILES string of the molecule is COc1cc(C(=O)NNC(=O)c2ccccc2)ccc1OCc1cscn1. The highest BCUT2D eigenvalue weighted by molar-refractivity contribution is 7.07. The van der Waals surface area contributed by atoms with E-state index in [2.05, 4.69) is 15.8 Å². The predicted molar refractivity (Wildman–Crippen MR) is 101 cm³/mol. The van der Waals surface area contributed by atoms with Crippen molar-refractivity contribution in [1.29, 1.82) is 0 Å².